The summed E-state index contributed by atoms with van der Waals surface area (Å²) >= 11 is 1.55. The monoisotopic (exact) mass is 244 g/mol. The van der Waals surface area contributed by atoms with E-state index in [1.54, 1.807) is 30.0 Å². The summed E-state index contributed by atoms with van der Waals surface area (Å²) in [5, 5.41) is 9.61. The molecular weight excluding hydrogens is 232 g/mol. The van der Waals surface area contributed by atoms with E-state index >= 15 is 0 Å². The summed E-state index contributed by atoms with van der Waals surface area (Å²) in [7, 11) is 0. The molecule has 1 N–H and O–H groups in total. The molecule has 0 saturated carbocycles. The lowest BCUT2D eigenvalue weighted by atomic mass is 10.2. The first-order valence-corrected chi connectivity index (χ1v) is 6.23. The minimum Gasteiger partial charge on any atom is -0.507 e. The van der Waals surface area contributed by atoms with Crippen LogP contribution in [0.2, 0.25) is 0 Å². The third-order valence-corrected chi connectivity index (χ3v) is 3.48. The smallest absolute Gasteiger partial charge is 0.150 e. The van der Waals surface area contributed by atoms with E-state index < -0.39 is 0 Å². The van der Waals surface area contributed by atoms with Crippen LogP contribution in [0, 0.1) is 0 Å². The van der Waals surface area contributed by atoms with Gasteiger partial charge in [0.2, 0.25) is 0 Å². The van der Waals surface area contributed by atoms with Gasteiger partial charge in [-0.1, -0.05) is 30.3 Å². The summed E-state index contributed by atoms with van der Waals surface area (Å²) < 4.78 is 0. The van der Waals surface area contributed by atoms with Gasteiger partial charge in [0.25, 0.3) is 0 Å². The van der Waals surface area contributed by atoms with Crippen LogP contribution in [0.3, 0.4) is 0 Å². The van der Waals surface area contributed by atoms with Crippen LogP contribution in [0.15, 0.2) is 53.4 Å². The number of rotatable bonds is 4. The molecular formula is C14H12O2S. The van der Waals surface area contributed by atoms with Crippen molar-refractivity contribution >= 4 is 18.0 Å². The summed E-state index contributed by atoms with van der Waals surface area (Å²) in [5.41, 5.74) is 1.75. The molecule has 3 heteroatoms. The van der Waals surface area contributed by atoms with Crippen molar-refractivity contribution in [3.8, 4) is 5.75 Å². The molecule has 2 aromatic carbocycles. The molecule has 0 amide bonds. The maximum atomic E-state index is 10.6. The van der Waals surface area contributed by atoms with Crippen molar-refractivity contribution in [3.05, 3.63) is 59.7 Å². The molecule has 0 heterocycles. The fraction of sp³-hybridized carbons (Fsp3) is 0.0714. The molecule has 0 atom stereocenters. The highest BCUT2D eigenvalue weighted by atomic mass is 32.2. The Bertz CT molecular complexity index is 523. The fourth-order valence-corrected chi connectivity index (χ4v) is 2.39. The van der Waals surface area contributed by atoms with Gasteiger partial charge >= 0.3 is 0 Å². The van der Waals surface area contributed by atoms with E-state index in [1.165, 1.54) is 0 Å². The molecule has 0 bridgehead atoms. The second-order valence-corrected chi connectivity index (χ2v) is 4.64. The predicted octanol–water partition coefficient (Wildman–Crippen LogP) is 3.50. The van der Waals surface area contributed by atoms with Crippen LogP contribution in [0.25, 0.3) is 0 Å². The molecule has 0 radical (unpaired) electrons. The van der Waals surface area contributed by atoms with E-state index in [0.717, 1.165) is 22.5 Å². The summed E-state index contributed by atoms with van der Waals surface area (Å²) in [6, 6.07) is 14.7. The molecule has 0 aliphatic heterocycles. The Morgan fingerprint density at radius 2 is 1.94 bits per heavy atom. The van der Waals surface area contributed by atoms with E-state index in [9.17, 15) is 9.90 Å². The van der Waals surface area contributed by atoms with Crippen molar-refractivity contribution in [2.45, 2.75) is 10.6 Å². The van der Waals surface area contributed by atoms with Crippen molar-refractivity contribution < 1.29 is 9.90 Å². The van der Waals surface area contributed by atoms with Gasteiger partial charge in [-0.15, -0.1) is 11.8 Å². The highest BCUT2D eigenvalue weighted by Gasteiger charge is 2.01. The molecule has 0 aliphatic rings. The summed E-state index contributed by atoms with van der Waals surface area (Å²) in [5.74, 6) is 1.03. The molecule has 86 valence electrons. The summed E-state index contributed by atoms with van der Waals surface area (Å²) in [6.45, 7) is 0. The molecule has 2 aromatic rings. The van der Waals surface area contributed by atoms with E-state index in [4.69, 9.17) is 0 Å². The number of carbonyl (C=O) groups is 1. The Balaban J connectivity index is 2.07. The Hall–Kier alpha value is -1.74. The van der Waals surface area contributed by atoms with Crippen molar-refractivity contribution in [1.82, 2.24) is 0 Å². The quantitative estimate of drug-likeness (QED) is 0.660. The van der Waals surface area contributed by atoms with Gasteiger partial charge in [-0.05, 0) is 23.8 Å². The SMILES string of the molecule is O=Cc1cccc(CSc2ccccc2O)c1. The second kappa shape index (κ2) is 5.55. The average Bonchev–Trinajstić information content (AvgIpc) is 2.38. The number of benzene rings is 2. The molecule has 0 unspecified atom stereocenters. The van der Waals surface area contributed by atoms with Crippen LogP contribution in [0.4, 0.5) is 0 Å². The van der Waals surface area contributed by atoms with Crippen LogP contribution >= 0.6 is 11.8 Å². The van der Waals surface area contributed by atoms with Crippen molar-refractivity contribution in [2.75, 3.05) is 0 Å². The number of aromatic hydroxyl groups is 1. The standard InChI is InChI=1S/C14H12O2S/c15-9-11-4-3-5-12(8-11)10-17-14-7-2-1-6-13(14)16/h1-9,16H,10H2. The van der Waals surface area contributed by atoms with Crippen LogP contribution < -0.4 is 0 Å². The molecule has 2 rings (SSSR count). The zero-order chi connectivity index (χ0) is 12.1. The van der Waals surface area contributed by atoms with Gasteiger partial charge in [-0.3, -0.25) is 4.79 Å². The Kier molecular flexibility index (Phi) is 3.83. The van der Waals surface area contributed by atoms with Crippen LogP contribution in [0.5, 0.6) is 5.75 Å². The Morgan fingerprint density at radius 3 is 2.71 bits per heavy atom. The largest absolute Gasteiger partial charge is 0.507 e. The number of thioether (sulfide) groups is 1. The molecule has 0 spiro atoms. The van der Waals surface area contributed by atoms with Crippen LogP contribution in [-0.2, 0) is 5.75 Å². The molecule has 0 aliphatic carbocycles. The van der Waals surface area contributed by atoms with Crippen molar-refractivity contribution in [1.29, 1.82) is 0 Å². The predicted molar refractivity (Wildman–Crippen MR) is 69.5 cm³/mol. The minimum atomic E-state index is 0.295. The lowest BCUT2D eigenvalue weighted by molar-refractivity contribution is 0.112. The number of aldehydes is 1. The van der Waals surface area contributed by atoms with Crippen molar-refractivity contribution in [2.24, 2.45) is 0 Å². The average molecular weight is 244 g/mol. The summed E-state index contributed by atoms with van der Waals surface area (Å²) in [4.78, 5) is 11.5. The van der Waals surface area contributed by atoms with Gasteiger partial charge in [-0.25, -0.2) is 0 Å². The van der Waals surface area contributed by atoms with Gasteiger partial charge in [0.05, 0.1) is 0 Å². The normalized spacial score (nSPS) is 10.1. The Labute approximate surface area is 104 Å². The maximum Gasteiger partial charge on any atom is 0.150 e. The lowest BCUT2D eigenvalue weighted by Crippen LogP contribution is -1.84. The molecule has 2 nitrogen and oxygen atoms in total. The zero-order valence-electron chi connectivity index (χ0n) is 9.17. The first-order valence-electron chi connectivity index (χ1n) is 5.24. The fourth-order valence-electron chi connectivity index (χ4n) is 1.50. The highest BCUT2D eigenvalue weighted by Crippen LogP contribution is 2.30. The first kappa shape index (κ1) is 11.7. The van der Waals surface area contributed by atoms with Gasteiger partial charge in [0.15, 0.2) is 0 Å². The number of phenols is 1. The molecule has 17 heavy (non-hydrogen) atoms. The second-order valence-electron chi connectivity index (χ2n) is 3.62. The van der Waals surface area contributed by atoms with E-state index in [0.29, 0.717) is 11.3 Å². The topological polar surface area (TPSA) is 37.3 Å². The maximum absolute atomic E-state index is 10.6. The van der Waals surface area contributed by atoms with Gasteiger partial charge in [-0.2, -0.15) is 0 Å². The van der Waals surface area contributed by atoms with Gasteiger partial charge in [0.1, 0.15) is 12.0 Å². The lowest BCUT2D eigenvalue weighted by Gasteiger charge is -2.04. The number of para-hydroxylation sites is 1. The van der Waals surface area contributed by atoms with Gasteiger partial charge < -0.3 is 5.11 Å². The summed E-state index contributed by atoms with van der Waals surface area (Å²) in [6.07, 6.45) is 0.841. The van der Waals surface area contributed by atoms with Gasteiger partial charge in [0, 0.05) is 16.2 Å². The molecule has 0 fully saturated rings. The minimum absolute atomic E-state index is 0.295. The number of hydrogen-bond acceptors (Lipinski definition) is 3. The number of hydrogen-bond donors (Lipinski definition) is 1. The van der Waals surface area contributed by atoms with Crippen LogP contribution in [0.1, 0.15) is 15.9 Å². The van der Waals surface area contributed by atoms with E-state index in [1.807, 2.05) is 30.3 Å². The van der Waals surface area contributed by atoms with Crippen LogP contribution in [-0.4, -0.2) is 11.4 Å². The molecule has 0 aromatic heterocycles. The third kappa shape index (κ3) is 3.11. The third-order valence-electron chi connectivity index (χ3n) is 2.35. The number of phenolic OH excluding ortho intramolecular Hbond substituents is 1. The van der Waals surface area contributed by atoms with E-state index in [-0.39, 0.29) is 0 Å². The van der Waals surface area contributed by atoms with Crippen molar-refractivity contribution in [3.63, 3.8) is 0 Å². The molecule has 0 saturated heterocycles. The Morgan fingerprint density at radius 1 is 1.12 bits per heavy atom. The zero-order valence-corrected chi connectivity index (χ0v) is 9.98. The first-order chi connectivity index (χ1) is 8.29. The number of carbonyl (C=O) groups excluding carboxylic acids is 1. The van der Waals surface area contributed by atoms with E-state index in [2.05, 4.69) is 0 Å². The highest BCUT2D eigenvalue weighted by molar-refractivity contribution is 7.98.